The number of benzene rings is 3. The van der Waals surface area contributed by atoms with Crippen molar-refractivity contribution in [2.45, 2.75) is 50.7 Å². The Hall–Kier alpha value is -4.58. The van der Waals surface area contributed by atoms with Crippen molar-refractivity contribution in [3.05, 3.63) is 90.0 Å². The van der Waals surface area contributed by atoms with E-state index in [-0.39, 0.29) is 47.4 Å². The van der Waals surface area contributed by atoms with Crippen LogP contribution in [0, 0.1) is 5.92 Å². The van der Waals surface area contributed by atoms with Gasteiger partial charge in [0.25, 0.3) is 10.0 Å². The Bertz CT molecular complexity index is 1480. The molecular weight excluding hydrogens is 560 g/mol. The molecule has 0 saturated heterocycles. The monoisotopic (exact) mass is 596 g/mol. The molecule has 12 heteroatoms. The molecule has 3 amide bonds. The summed E-state index contributed by atoms with van der Waals surface area (Å²) in [4.78, 5) is 38.0. The SMILES string of the molecule is CC(C)CCN(c1cccc(CNC(=O)C(CC(N)=O)N(Cc2ccccc2)C(=O)O)c1O)S(=O)(=O)c1ccccc1. The van der Waals surface area contributed by atoms with Gasteiger partial charge in [-0.1, -0.05) is 74.5 Å². The van der Waals surface area contributed by atoms with Gasteiger partial charge in [0.15, 0.2) is 0 Å². The Morgan fingerprint density at radius 1 is 0.929 bits per heavy atom. The van der Waals surface area contributed by atoms with E-state index in [1.165, 1.54) is 24.3 Å². The second kappa shape index (κ2) is 14.4. The first-order valence-electron chi connectivity index (χ1n) is 13.4. The smallest absolute Gasteiger partial charge is 0.408 e. The highest BCUT2D eigenvalue weighted by atomic mass is 32.2. The van der Waals surface area contributed by atoms with Gasteiger partial charge in [0.2, 0.25) is 11.8 Å². The summed E-state index contributed by atoms with van der Waals surface area (Å²) < 4.78 is 28.3. The lowest BCUT2D eigenvalue weighted by Crippen LogP contribution is -2.50. The third kappa shape index (κ3) is 8.23. The molecule has 0 aliphatic rings. The van der Waals surface area contributed by atoms with Gasteiger partial charge in [0.1, 0.15) is 11.8 Å². The molecule has 0 fully saturated rings. The third-order valence-electron chi connectivity index (χ3n) is 6.58. The quantitative estimate of drug-likeness (QED) is 0.220. The number of hydrogen-bond acceptors (Lipinski definition) is 6. The van der Waals surface area contributed by atoms with Crippen molar-refractivity contribution in [1.82, 2.24) is 10.2 Å². The van der Waals surface area contributed by atoms with Crippen molar-refractivity contribution in [3.8, 4) is 5.75 Å². The average molecular weight is 597 g/mol. The zero-order chi connectivity index (χ0) is 30.9. The molecule has 0 radical (unpaired) electrons. The van der Waals surface area contributed by atoms with Crippen LogP contribution in [0.5, 0.6) is 5.75 Å². The van der Waals surface area contributed by atoms with Crippen LogP contribution in [0.15, 0.2) is 83.8 Å². The van der Waals surface area contributed by atoms with Crippen LogP contribution in [-0.4, -0.2) is 54.0 Å². The van der Waals surface area contributed by atoms with E-state index in [1.807, 2.05) is 13.8 Å². The molecular formula is C30H36N4O7S. The van der Waals surface area contributed by atoms with Crippen molar-refractivity contribution in [3.63, 3.8) is 0 Å². The minimum Gasteiger partial charge on any atom is -0.505 e. The van der Waals surface area contributed by atoms with E-state index in [0.717, 1.165) is 9.21 Å². The molecule has 1 unspecified atom stereocenters. The fraction of sp³-hybridized carbons (Fsp3) is 0.300. The third-order valence-corrected chi connectivity index (χ3v) is 8.40. The first-order valence-corrected chi connectivity index (χ1v) is 14.8. The predicted molar refractivity (Wildman–Crippen MR) is 158 cm³/mol. The zero-order valence-electron chi connectivity index (χ0n) is 23.5. The highest BCUT2D eigenvalue weighted by molar-refractivity contribution is 7.92. The van der Waals surface area contributed by atoms with Gasteiger partial charge >= 0.3 is 6.09 Å². The molecule has 0 aliphatic heterocycles. The number of carbonyl (C=O) groups is 3. The fourth-order valence-electron chi connectivity index (χ4n) is 4.31. The number of sulfonamides is 1. The normalized spacial score (nSPS) is 12.0. The van der Waals surface area contributed by atoms with Gasteiger partial charge < -0.3 is 21.3 Å². The van der Waals surface area contributed by atoms with E-state index in [2.05, 4.69) is 5.32 Å². The number of para-hydroxylation sites is 1. The van der Waals surface area contributed by atoms with Crippen molar-refractivity contribution in [1.29, 1.82) is 0 Å². The molecule has 224 valence electrons. The molecule has 0 aliphatic carbocycles. The van der Waals surface area contributed by atoms with Gasteiger partial charge in [-0.25, -0.2) is 13.2 Å². The van der Waals surface area contributed by atoms with E-state index in [0.29, 0.717) is 12.0 Å². The highest BCUT2D eigenvalue weighted by Crippen LogP contribution is 2.35. The summed E-state index contributed by atoms with van der Waals surface area (Å²) in [5.74, 6) is -1.85. The molecule has 1 atom stereocenters. The molecule has 0 spiro atoms. The molecule has 3 aromatic rings. The minimum atomic E-state index is -4.04. The maximum Gasteiger partial charge on any atom is 0.408 e. The van der Waals surface area contributed by atoms with Gasteiger partial charge in [-0.15, -0.1) is 0 Å². The van der Waals surface area contributed by atoms with E-state index >= 15 is 0 Å². The van der Waals surface area contributed by atoms with Crippen LogP contribution in [0.4, 0.5) is 10.5 Å². The molecule has 3 rings (SSSR count). The number of primary amides is 1. The van der Waals surface area contributed by atoms with Gasteiger partial charge in [0, 0.05) is 25.2 Å². The number of rotatable bonds is 14. The topological polar surface area (TPSA) is 170 Å². The standard InChI is InChI=1S/C30H36N4O7S/c1-21(2)16-17-34(42(40,41)24-13-7-4-8-14-24)25-15-9-12-23(28(25)36)19-32-29(37)26(18-27(31)35)33(30(38)39)20-22-10-5-3-6-11-22/h3-15,21,26,36H,16-20H2,1-2H3,(H2,31,35)(H,32,37)(H,38,39). The van der Waals surface area contributed by atoms with Crippen molar-refractivity contribution in [2.24, 2.45) is 11.7 Å². The van der Waals surface area contributed by atoms with Crippen molar-refractivity contribution < 1.29 is 33.0 Å². The van der Waals surface area contributed by atoms with Crippen LogP contribution >= 0.6 is 0 Å². The van der Waals surface area contributed by atoms with Crippen LogP contribution in [0.25, 0.3) is 0 Å². The highest BCUT2D eigenvalue weighted by Gasteiger charge is 2.32. The molecule has 0 bridgehead atoms. The lowest BCUT2D eigenvalue weighted by atomic mass is 10.1. The first kappa shape index (κ1) is 31.9. The average Bonchev–Trinajstić information content (AvgIpc) is 2.95. The van der Waals surface area contributed by atoms with Crippen molar-refractivity contribution >= 4 is 33.6 Å². The van der Waals surface area contributed by atoms with Gasteiger partial charge in [0.05, 0.1) is 17.0 Å². The summed E-state index contributed by atoms with van der Waals surface area (Å²) in [5, 5.41) is 23.6. The molecule has 11 nitrogen and oxygen atoms in total. The Labute approximate surface area is 245 Å². The van der Waals surface area contributed by atoms with Crippen molar-refractivity contribution in [2.75, 3.05) is 10.8 Å². The van der Waals surface area contributed by atoms with Crippen LogP contribution in [0.1, 0.15) is 37.8 Å². The molecule has 0 aromatic heterocycles. The van der Waals surface area contributed by atoms with Gasteiger partial charge in [-0.05, 0) is 36.1 Å². The van der Waals surface area contributed by atoms with Gasteiger partial charge in [-0.2, -0.15) is 0 Å². The predicted octanol–water partition coefficient (Wildman–Crippen LogP) is 3.67. The van der Waals surface area contributed by atoms with E-state index in [1.54, 1.807) is 54.6 Å². The second-order valence-corrected chi connectivity index (χ2v) is 12.0. The Balaban J connectivity index is 1.89. The summed E-state index contributed by atoms with van der Waals surface area (Å²) >= 11 is 0. The second-order valence-electron chi connectivity index (χ2n) is 10.2. The number of amides is 3. The lowest BCUT2D eigenvalue weighted by molar-refractivity contribution is -0.130. The van der Waals surface area contributed by atoms with Crippen LogP contribution < -0.4 is 15.4 Å². The summed E-state index contributed by atoms with van der Waals surface area (Å²) in [5.41, 5.74) is 6.18. The molecule has 5 N–H and O–H groups in total. The minimum absolute atomic E-state index is 0.0381. The lowest BCUT2D eigenvalue weighted by Gasteiger charge is -2.28. The van der Waals surface area contributed by atoms with Gasteiger partial charge in [-0.3, -0.25) is 18.8 Å². The van der Waals surface area contributed by atoms with E-state index in [4.69, 9.17) is 5.73 Å². The zero-order valence-corrected chi connectivity index (χ0v) is 24.3. The van der Waals surface area contributed by atoms with Crippen LogP contribution in [0.2, 0.25) is 0 Å². The maximum absolute atomic E-state index is 13.6. The summed E-state index contributed by atoms with van der Waals surface area (Å²) in [6, 6.07) is 19.6. The molecule has 42 heavy (non-hydrogen) atoms. The number of hydrogen-bond donors (Lipinski definition) is 4. The number of nitrogens with two attached hydrogens (primary N) is 1. The van der Waals surface area contributed by atoms with E-state index in [9.17, 15) is 33.0 Å². The number of aromatic hydroxyl groups is 1. The van der Waals surface area contributed by atoms with Crippen LogP contribution in [-0.2, 0) is 32.7 Å². The first-order chi connectivity index (χ1) is 19.9. The number of phenolic OH excluding ortho intramolecular Hbond substituents is 1. The number of nitrogens with one attached hydrogen (secondary N) is 1. The summed E-state index contributed by atoms with van der Waals surface area (Å²) in [7, 11) is -4.04. The number of carboxylic acid groups (broad SMARTS) is 1. The largest absolute Gasteiger partial charge is 0.505 e. The Morgan fingerprint density at radius 3 is 2.12 bits per heavy atom. The summed E-state index contributed by atoms with van der Waals surface area (Å²) in [6.07, 6.45) is -1.46. The molecule has 0 heterocycles. The number of carbonyl (C=O) groups excluding carboxylic acids is 2. The number of nitrogens with zero attached hydrogens (tertiary/aromatic N) is 2. The van der Waals surface area contributed by atoms with Crippen LogP contribution in [0.3, 0.4) is 0 Å². The van der Waals surface area contributed by atoms with E-state index < -0.39 is 40.4 Å². The number of anilines is 1. The maximum atomic E-state index is 13.6. The Kier molecular flexibility index (Phi) is 10.9. The molecule has 0 saturated carbocycles. The molecule has 3 aromatic carbocycles. The Morgan fingerprint density at radius 2 is 1.55 bits per heavy atom. The summed E-state index contributed by atoms with van der Waals surface area (Å²) in [6.45, 7) is 3.59. The fourth-order valence-corrected chi connectivity index (χ4v) is 5.82. The number of phenols is 1.